The second-order valence-electron chi connectivity index (χ2n) is 5.48. The van der Waals surface area contributed by atoms with E-state index in [0.29, 0.717) is 30.3 Å². The van der Waals surface area contributed by atoms with Crippen molar-refractivity contribution in [2.75, 3.05) is 18.9 Å². The Bertz CT molecular complexity index is 661. The van der Waals surface area contributed by atoms with Gasteiger partial charge in [0.25, 0.3) is 0 Å². The lowest BCUT2D eigenvalue weighted by atomic mass is 9.92. The largest absolute Gasteiger partial charge is 0.396 e. The van der Waals surface area contributed by atoms with E-state index in [4.69, 9.17) is 10.5 Å². The highest BCUT2D eigenvalue weighted by Crippen LogP contribution is 2.21. The number of ketones is 1. The van der Waals surface area contributed by atoms with E-state index in [-0.39, 0.29) is 23.9 Å². The van der Waals surface area contributed by atoms with Crippen molar-refractivity contribution in [2.24, 2.45) is 5.92 Å². The molecule has 1 aliphatic rings. The predicted octanol–water partition coefficient (Wildman–Crippen LogP) is 2.13. The lowest BCUT2D eigenvalue weighted by Crippen LogP contribution is -2.25. The van der Waals surface area contributed by atoms with Crippen LogP contribution in [0.4, 0.5) is 10.1 Å². The van der Waals surface area contributed by atoms with Gasteiger partial charge in [-0.05, 0) is 37.1 Å². The van der Waals surface area contributed by atoms with E-state index in [1.54, 1.807) is 23.0 Å². The van der Waals surface area contributed by atoms with E-state index in [2.05, 4.69) is 5.10 Å². The van der Waals surface area contributed by atoms with Crippen LogP contribution in [0.15, 0.2) is 30.5 Å². The number of carbonyl (C=O) groups is 1. The number of carbonyl (C=O) groups excluding carboxylic acids is 1. The van der Waals surface area contributed by atoms with Gasteiger partial charge >= 0.3 is 0 Å². The van der Waals surface area contributed by atoms with Crippen LogP contribution in [0.3, 0.4) is 0 Å². The number of rotatable bonds is 4. The minimum Gasteiger partial charge on any atom is -0.396 e. The zero-order valence-corrected chi connectivity index (χ0v) is 12.2. The van der Waals surface area contributed by atoms with E-state index < -0.39 is 0 Å². The van der Waals surface area contributed by atoms with Gasteiger partial charge in [-0.3, -0.25) is 4.79 Å². The molecule has 0 aliphatic carbocycles. The van der Waals surface area contributed by atoms with Crippen LogP contribution in [-0.4, -0.2) is 28.8 Å². The maximum absolute atomic E-state index is 13.0. The van der Waals surface area contributed by atoms with Crippen molar-refractivity contribution in [1.29, 1.82) is 0 Å². The van der Waals surface area contributed by atoms with E-state index in [1.165, 1.54) is 12.1 Å². The van der Waals surface area contributed by atoms with Crippen molar-refractivity contribution >= 4 is 11.5 Å². The molecular weight excluding hydrogens is 285 g/mol. The number of ether oxygens (including phenoxy) is 1. The Balaban J connectivity index is 1.74. The van der Waals surface area contributed by atoms with Crippen LogP contribution >= 0.6 is 0 Å². The first kappa shape index (κ1) is 14.7. The van der Waals surface area contributed by atoms with Gasteiger partial charge in [-0.2, -0.15) is 5.10 Å². The summed E-state index contributed by atoms with van der Waals surface area (Å²) in [6, 6.07) is 5.96. The Morgan fingerprint density at radius 1 is 1.32 bits per heavy atom. The molecule has 116 valence electrons. The Morgan fingerprint density at radius 2 is 2.00 bits per heavy atom. The van der Waals surface area contributed by atoms with Crippen LogP contribution in [0.2, 0.25) is 0 Å². The van der Waals surface area contributed by atoms with Crippen LogP contribution in [0.5, 0.6) is 0 Å². The van der Waals surface area contributed by atoms with Gasteiger partial charge in [-0.15, -0.1) is 0 Å². The summed E-state index contributed by atoms with van der Waals surface area (Å²) in [5.41, 5.74) is 7.71. The number of benzene rings is 1. The molecule has 0 radical (unpaired) electrons. The molecule has 2 N–H and O–H groups in total. The summed E-state index contributed by atoms with van der Waals surface area (Å²) in [4.78, 5) is 12.3. The third-order valence-corrected chi connectivity index (χ3v) is 3.93. The van der Waals surface area contributed by atoms with E-state index in [9.17, 15) is 9.18 Å². The molecule has 1 saturated heterocycles. The van der Waals surface area contributed by atoms with Crippen LogP contribution in [0.1, 0.15) is 18.5 Å². The SMILES string of the molecule is Nc1cn(-c2ccc(F)cc2)nc1CC(=O)C1CCOCC1. The Kier molecular flexibility index (Phi) is 4.20. The minimum atomic E-state index is -0.307. The van der Waals surface area contributed by atoms with Crippen molar-refractivity contribution in [3.63, 3.8) is 0 Å². The molecule has 0 amide bonds. The molecule has 2 heterocycles. The van der Waals surface area contributed by atoms with Gasteiger partial charge < -0.3 is 10.5 Å². The first-order valence-corrected chi connectivity index (χ1v) is 7.34. The van der Waals surface area contributed by atoms with Crippen LogP contribution < -0.4 is 5.73 Å². The number of hydrogen-bond donors (Lipinski definition) is 1. The van der Waals surface area contributed by atoms with Crippen molar-refractivity contribution in [1.82, 2.24) is 9.78 Å². The monoisotopic (exact) mass is 303 g/mol. The summed E-state index contributed by atoms with van der Waals surface area (Å²) in [7, 11) is 0. The van der Waals surface area contributed by atoms with Gasteiger partial charge in [0.05, 0.1) is 29.7 Å². The maximum atomic E-state index is 13.0. The molecule has 1 fully saturated rings. The highest BCUT2D eigenvalue weighted by molar-refractivity contribution is 5.84. The molecule has 1 aromatic heterocycles. The summed E-state index contributed by atoms with van der Waals surface area (Å²) < 4.78 is 19.8. The zero-order chi connectivity index (χ0) is 15.5. The van der Waals surface area contributed by atoms with Gasteiger partial charge in [0.1, 0.15) is 11.6 Å². The number of Topliss-reactive ketones (excluding diaryl/α,β-unsaturated/α-hetero) is 1. The molecule has 3 rings (SSSR count). The molecule has 2 aromatic rings. The molecule has 22 heavy (non-hydrogen) atoms. The summed E-state index contributed by atoms with van der Waals surface area (Å²) >= 11 is 0. The van der Waals surface area contributed by atoms with Crippen molar-refractivity contribution in [2.45, 2.75) is 19.3 Å². The number of aromatic nitrogens is 2. The van der Waals surface area contributed by atoms with Gasteiger partial charge in [-0.1, -0.05) is 0 Å². The van der Waals surface area contributed by atoms with Crippen molar-refractivity contribution < 1.29 is 13.9 Å². The second kappa shape index (κ2) is 6.27. The van der Waals surface area contributed by atoms with Gasteiger partial charge in [0, 0.05) is 19.1 Å². The van der Waals surface area contributed by atoms with Crippen molar-refractivity contribution in [3.05, 3.63) is 42.0 Å². The third-order valence-electron chi connectivity index (χ3n) is 3.93. The molecule has 0 spiro atoms. The molecule has 6 heteroatoms. The third kappa shape index (κ3) is 3.17. The van der Waals surface area contributed by atoms with Gasteiger partial charge in [-0.25, -0.2) is 9.07 Å². The number of nitrogens with zero attached hydrogens (tertiary/aromatic N) is 2. The Labute approximate surface area is 127 Å². The van der Waals surface area contributed by atoms with Gasteiger partial charge in [0.15, 0.2) is 0 Å². The Morgan fingerprint density at radius 3 is 2.68 bits per heavy atom. The fourth-order valence-electron chi connectivity index (χ4n) is 2.62. The smallest absolute Gasteiger partial charge is 0.142 e. The number of halogens is 1. The fourth-order valence-corrected chi connectivity index (χ4v) is 2.62. The molecular formula is C16H18FN3O2. The summed E-state index contributed by atoms with van der Waals surface area (Å²) in [6.45, 7) is 1.27. The number of nitrogen functional groups attached to an aromatic ring is 1. The highest BCUT2D eigenvalue weighted by Gasteiger charge is 2.23. The van der Waals surface area contributed by atoms with Crippen LogP contribution in [0, 0.1) is 11.7 Å². The lowest BCUT2D eigenvalue weighted by Gasteiger charge is -2.20. The summed E-state index contributed by atoms with van der Waals surface area (Å²) in [5.74, 6) is -0.123. The van der Waals surface area contributed by atoms with Crippen LogP contribution in [-0.2, 0) is 16.0 Å². The normalized spacial score (nSPS) is 15.9. The topological polar surface area (TPSA) is 70.1 Å². The fraction of sp³-hybridized carbons (Fsp3) is 0.375. The maximum Gasteiger partial charge on any atom is 0.142 e. The number of nitrogens with two attached hydrogens (primary N) is 1. The average Bonchev–Trinajstić information content (AvgIpc) is 2.90. The second-order valence-corrected chi connectivity index (χ2v) is 5.48. The van der Waals surface area contributed by atoms with Gasteiger partial charge in [0.2, 0.25) is 0 Å². The molecule has 0 atom stereocenters. The molecule has 0 unspecified atom stereocenters. The summed E-state index contributed by atoms with van der Waals surface area (Å²) in [6.07, 6.45) is 3.40. The van der Waals surface area contributed by atoms with Crippen molar-refractivity contribution in [3.8, 4) is 5.69 Å². The van der Waals surface area contributed by atoms with E-state index >= 15 is 0 Å². The molecule has 1 aromatic carbocycles. The average molecular weight is 303 g/mol. The molecule has 0 saturated carbocycles. The first-order valence-electron chi connectivity index (χ1n) is 7.34. The minimum absolute atomic E-state index is 0.0316. The molecule has 0 bridgehead atoms. The highest BCUT2D eigenvalue weighted by atomic mass is 19.1. The quantitative estimate of drug-likeness (QED) is 0.939. The zero-order valence-electron chi connectivity index (χ0n) is 12.2. The first-order chi connectivity index (χ1) is 10.6. The van der Waals surface area contributed by atoms with E-state index in [0.717, 1.165) is 12.8 Å². The standard InChI is InChI=1S/C16H18FN3O2/c17-12-1-3-13(4-2-12)20-10-14(18)15(19-20)9-16(21)11-5-7-22-8-6-11/h1-4,10-11H,5-9,18H2. The number of hydrogen-bond acceptors (Lipinski definition) is 4. The van der Waals surface area contributed by atoms with Crippen LogP contribution in [0.25, 0.3) is 5.69 Å². The molecule has 5 nitrogen and oxygen atoms in total. The number of anilines is 1. The van der Waals surface area contributed by atoms with E-state index in [1.807, 2.05) is 0 Å². The predicted molar refractivity (Wildman–Crippen MR) is 80.2 cm³/mol. The summed E-state index contributed by atoms with van der Waals surface area (Å²) in [5, 5.41) is 4.36. The lowest BCUT2D eigenvalue weighted by molar-refractivity contribution is -0.125. The molecule has 1 aliphatic heterocycles. The Hall–Kier alpha value is -2.21.